The van der Waals surface area contributed by atoms with Gasteiger partial charge in [0.15, 0.2) is 5.69 Å². The molecule has 34 heavy (non-hydrogen) atoms. The second-order valence-electron chi connectivity index (χ2n) is 8.96. The van der Waals surface area contributed by atoms with Gasteiger partial charge in [-0.25, -0.2) is 9.37 Å². The highest BCUT2D eigenvalue weighted by atomic mass is 19.1. The average molecular weight is 461 g/mol. The fourth-order valence-electron chi connectivity index (χ4n) is 5.07. The van der Waals surface area contributed by atoms with Gasteiger partial charge < -0.3 is 14.0 Å². The number of carbonyl (C=O) groups is 1. The number of aryl methyl sites for hydroxylation is 1. The Hall–Kier alpha value is -3.72. The van der Waals surface area contributed by atoms with Crippen molar-refractivity contribution in [1.29, 1.82) is 0 Å². The van der Waals surface area contributed by atoms with E-state index in [0.717, 1.165) is 16.9 Å². The van der Waals surface area contributed by atoms with E-state index in [2.05, 4.69) is 15.0 Å². The molecular weight excluding hydrogens is 435 g/mol. The molecule has 0 N–H and O–H groups in total. The smallest absolute Gasteiger partial charge is 0.280 e. The number of halogens is 1. The minimum absolute atomic E-state index is 0.0950. The minimum atomic E-state index is -0.619. The molecule has 1 fully saturated rings. The third-order valence-electron chi connectivity index (χ3n) is 6.88. The number of hydrogen-bond acceptors (Lipinski definition) is 5. The molecule has 6 rings (SSSR count). The number of hydrogen-bond donors (Lipinski definition) is 0. The maximum atomic E-state index is 15.8. The first kappa shape index (κ1) is 20.9. The zero-order valence-corrected chi connectivity index (χ0v) is 19.3. The van der Waals surface area contributed by atoms with Gasteiger partial charge >= 0.3 is 0 Å². The van der Waals surface area contributed by atoms with E-state index in [1.807, 2.05) is 48.8 Å². The van der Waals surface area contributed by atoms with E-state index in [9.17, 15) is 4.79 Å². The number of morpholine rings is 1. The highest BCUT2D eigenvalue weighted by molar-refractivity contribution is 6.10. The number of nitrogens with zero attached hydrogens (tertiary/aromatic N) is 6. The van der Waals surface area contributed by atoms with Crippen molar-refractivity contribution in [2.45, 2.75) is 26.0 Å². The van der Waals surface area contributed by atoms with Crippen molar-refractivity contribution in [3.8, 4) is 0 Å². The van der Waals surface area contributed by atoms with Crippen LogP contribution in [0, 0.1) is 12.7 Å². The van der Waals surface area contributed by atoms with Crippen molar-refractivity contribution in [1.82, 2.24) is 19.2 Å². The number of imidazole rings is 1. The maximum Gasteiger partial charge on any atom is 0.280 e. The van der Waals surface area contributed by atoms with E-state index in [4.69, 9.17) is 4.74 Å². The van der Waals surface area contributed by atoms with Crippen LogP contribution in [0.1, 0.15) is 40.3 Å². The number of fused-ring (bicyclic) bond motifs is 2. The first-order valence-electron chi connectivity index (χ1n) is 11.4. The molecule has 0 saturated carbocycles. The van der Waals surface area contributed by atoms with E-state index in [1.165, 1.54) is 0 Å². The zero-order valence-electron chi connectivity index (χ0n) is 19.3. The normalized spacial score (nSPS) is 20.4. The molecule has 0 aliphatic carbocycles. The molecule has 2 unspecified atom stereocenters. The van der Waals surface area contributed by atoms with E-state index < -0.39 is 6.04 Å². The average Bonchev–Trinajstić information content (AvgIpc) is 3.48. The van der Waals surface area contributed by atoms with Gasteiger partial charge in [0.2, 0.25) is 0 Å². The Morgan fingerprint density at radius 3 is 2.79 bits per heavy atom. The van der Waals surface area contributed by atoms with Crippen molar-refractivity contribution in [3.63, 3.8) is 0 Å². The van der Waals surface area contributed by atoms with Gasteiger partial charge in [-0.15, -0.1) is 0 Å². The lowest BCUT2D eigenvalue weighted by Gasteiger charge is -2.33. The number of ether oxygens (including phenoxy) is 1. The van der Waals surface area contributed by atoms with Crippen molar-refractivity contribution in [2.75, 3.05) is 29.5 Å². The number of rotatable bonds is 3. The number of aromatic nitrogens is 4. The predicted octanol–water partition coefficient (Wildman–Crippen LogP) is 3.49. The van der Waals surface area contributed by atoms with E-state index in [1.54, 1.807) is 35.0 Å². The number of anilines is 2. The van der Waals surface area contributed by atoms with Crippen molar-refractivity contribution in [2.24, 2.45) is 7.05 Å². The molecule has 8 nitrogen and oxygen atoms in total. The summed E-state index contributed by atoms with van der Waals surface area (Å²) < 4.78 is 24.9. The molecule has 1 aromatic carbocycles. The molecular formula is C25H25FN6O2. The van der Waals surface area contributed by atoms with Crippen LogP contribution in [0.25, 0.3) is 5.65 Å². The van der Waals surface area contributed by atoms with E-state index in [0.29, 0.717) is 42.3 Å². The molecule has 3 aromatic heterocycles. The van der Waals surface area contributed by atoms with Crippen LogP contribution >= 0.6 is 0 Å². The van der Waals surface area contributed by atoms with Gasteiger partial charge in [0.05, 0.1) is 24.4 Å². The molecule has 2 atom stereocenters. The lowest BCUT2D eigenvalue weighted by Crippen LogP contribution is -2.41. The summed E-state index contributed by atoms with van der Waals surface area (Å²) in [4.78, 5) is 21.7. The van der Waals surface area contributed by atoms with Crippen LogP contribution in [0.5, 0.6) is 0 Å². The van der Waals surface area contributed by atoms with Crippen LogP contribution in [0.15, 0.2) is 48.9 Å². The minimum Gasteiger partial charge on any atom is -0.375 e. The number of benzene rings is 1. The molecule has 4 aromatic rings. The lowest BCUT2D eigenvalue weighted by molar-refractivity contribution is 0.0532. The summed E-state index contributed by atoms with van der Waals surface area (Å²) in [6, 6.07) is 8.37. The summed E-state index contributed by atoms with van der Waals surface area (Å²) in [5, 5.41) is 4.46. The standard InChI is InChI=1S/C25H25FN6O2/c1-15-14-31(10-11-34-15)17-4-5-19(20(26)12-17)24-22-16(2)29(3)28-23(22)25(33)32(24)18-6-8-30-9-7-27-21(30)13-18/h4-9,12-13,15,24H,10-11,14H2,1-3H3. The molecule has 2 aliphatic heterocycles. The second kappa shape index (κ2) is 7.66. The predicted molar refractivity (Wildman–Crippen MR) is 126 cm³/mol. The Labute approximate surface area is 196 Å². The fraction of sp³-hybridized carbons (Fsp3) is 0.320. The van der Waals surface area contributed by atoms with Gasteiger partial charge in [0, 0.05) is 67.3 Å². The summed E-state index contributed by atoms with van der Waals surface area (Å²) in [6.45, 7) is 5.97. The molecule has 1 amide bonds. The molecule has 0 bridgehead atoms. The first-order valence-corrected chi connectivity index (χ1v) is 11.4. The number of carbonyl (C=O) groups excluding carboxylic acids is 1. The van der Waals surface area contributed by atoms with Gasteiger partial charge in [-0.3, -0.25) is 14.4 Å². The Bertz CT molecular complexity index is 1430. The molecule has 0 radical (unpaired) electrons. The second-order valence-corrected chi connectivity index (χ2v) is 8.96. The Kier molecular flexibility index (Phi) is 4.70. The largest absolute Gasteiger partial charge is 0.375 e. The van der Waals surface area contributed by atoms with Crippen molar-refractivity contribution >= 4 is 22.9 Å². The SMILES string of the molecule is Cc1c2c(nn1C)C(=O)N(c1ccn3ccnc3c1)C2c1ccc(N2CCOC(C)C2)cc1F. The molecule has 174 valence electrons. The quantitative estimate of drug-likeness (QED) is 0.468. The molecule has 9 heteroatoms. The van der Waals surface area contributed by atoms with Crippen LogP contribution in [-0.4, -0.2) is 50.9 Å². The molecule has 0 spiro atoms. The third-order valence-corrected chi connectivity index (χ3v) is 6.88. The highest BCUT2D eigenvalue weighted by Crippen LogP contribution is 2.44. The summed E-state index contributed by atoms with van der Waals surface area (Å²) in [5.74, 6) is -0.595. The lowest BCUT2D eigenvalue weighted by atomic mass is 9.97. The Balaban J connectivity index is 1.47. The van der Waals surface area contributed by atoms with Crippen LogP contribution in [0.4, 0.5) is 15.8 Å². The third kappa shape index (κ3) is 3.11. The monoisotopic (exact) mass is 460 g/mol. The fourth-order valence-corrected chi connectivity index (χ4v) is 5.07. The topological polar surface area (TPSA) is 67.9 Å². The van der Waals surface area contributed by atoms with Crippen molar-refractivity contribution < 1.29 is 13.9 Å². The molecule has 2 aliphatic rings. The van der Waals surface area contributed by atoms with Crippen LogP contribution < -0.4 is 9.80 Å². The van der Waals surface area contributed by atoms with Gasteiger partial charge in [-0.2, -0.15) is 5.10 Å². The van der Waals surface area contributed by atoms with Crippen LogP contribution in [-0.2, 0) is 11.8 Å². The number of amides is 1. The summed E-state index contributed by atoms with van der Waals surface area (Å²) >= 11 is 0. The van der Waals surface area contributed by atoms with Crippen LogP contribution in [0.3, 0.4) is 0 Å². The number of pyridine rings is 1. The van der Waals surface area contributed by atoms with Crippen molar-refractivity contribution in [3.05, 3.63) is 77.3 Å². The highest BCUT2D eigenvalue weighted by Gasteiger charge is 2.44. The Morgan fingerprint density at radius 1 is 1.15 bits per heavy atom. The summed E-state index contributed by atoms with van der Waals surface area (Å²) in [5.41, 5.74) is 4.55. The van der Waals surface area contributed by atoms with Gasteiger partial charge in [-0.05, 0) is 32.0 Å². The Morgan fingerprint density at radius 2 is 2.00 bits per heavy atom. The summed E-state index contributed by atoms with van der Waals surface area (Å²) in [7, 11) is 1.80. The van der Waals surface area contributed by atoms with E-state index in [-0.39, 0.29) is 17.8 Å². The van der Waals surface area contributed by atoms with Gasteiger partial charge in [0.25, 0.3) is 5.91 Å². The van der Waals surface area contributed by atoms with Gasteiger partial charge in [-0.1, -0.05) is 6.07 Å². The van der Waals surface area contributed by atoms with Gasteiger partial charge in [0.1, 0.15) is 11.5 Å². The maximum absolute atomic E-state index is 15.8. The van der Waals surface area contributed by atoms with Crippen LogP contribution in [0.2, 0.25) is 0 Å². The first-order chi connectivity index (χ1) is 16.4. The van der Waals surface area contributed by atoms with E-state index >= 15 is 4.39 Å². The molecule has 5 heterocycles. The molecule has 1 saturated heterocycles. The summed E-state index contributed by atoms with van der Waals surface area (Å²) in [6.07, 6.45) is 5.49. The zero-order chi connectivity index (χ0) is 23.6.